The normalized spacial score (nSPS) is 12.9. The second-order valence-corrected chi connectivity index (χ2v) is 4.13. The number of rotatable bonds is 2. The quantitative estimate of drug-likeness (QED) is 0.726. The monoisotopic (exact) mass is 204 g/mol. The van der Waals surface area contributed by atoms with Crippen molar-refractivity contribution in [3.8, 4) is 0 Å². The molecule has 1 rings (SSSR count). The van der Waals surface area contributed by atoms with E-state index in [0.29, 0.717) is 0 Å². The summed E-state index contributed by atoms with van der Waals surface area (Å²) in [4.78, 5) is 12.5. The molecule has 0 amide bonds. The van der Waals surface area contributed by atoms with Gasteiger partial charge in [0.1, 0.15) is 0 Å². The van der Waals surface area contributed by atoms with E-state index in [4.69, 9.17) is 5.11 Å². The predicted molar refractivity (Wildman–Crippen MR) is 39.4 cm³/mol. The molecule has 2 nitrogen and oxygen atoms in total. The summed E-state index contributed by atoms with van der Waals surface area (Å²) in [5.41, 5.74) is 0. The van der Waals surface area contributed by atoms with Crippen molar-refractivity contribution >= 4 is 20.5 Å². The van der Waals surface area contributed by atoms with Crippen LogP contribution >= 0.6 is 0 Å². The number of carbonyl (C=O) groups is 1. The summed E-state index contributed by atoms with van der Waals surface area (Å²) in [6.07, 6.45) is 0. The van der Waals surface area contributed by atoms with Crippen LogP contribution in [0.4, 0.5) is 0 Å². The van der Waals surface area contributed by atoms with Gasteiger partial charge < -0.3 is 0 Å². The van der Waals surface area contributed by atoms with Gasteiger partial charge in [-0.25, -0.2) is 0 Å². The average Bonchev–Trinajstić information content (AvgIpc) is 2.36. The molecule has 1 aromatic rings. The molecule has 54 valence electrons. The maximum atomic E-state index is 10.4. The Labute approximate surface area is 65.2 Å². The molecule has 0 saturated heterocycles. The van der Waals surface area contributed by atoms with Crippen LogP contribution in [0.1, 0.15) is 17.3 Å². The Balaban J connectivity index is 2.77. The summed E-state index contributed by atoms with van der Waals surface area (Å²) in [5.74, 6) is -1.02. The van der Waals surface area contributed by atoms with Gasteiger partial charge >= 0.3 is 64.7 Å². The molecule has 1 aromatic heterocycles. The second kappa shape index (κ2) is 3.04. The van der Waals surface area contributed by atoms with Crippen molar-refractivity contribution in [2.75, 3.05) is 0 Å². The number of hydrogen-bond donors (Lipinski definition) is 1. The molecule has 0 aliphatic carbocycles. The fourth-order valence-corrected chi connectivity index (χ4v) is 2.29. The minimum absolute atomic E-state index is 0.289. The van der Waals surface area contributed by atoms with Crippen LogP contribution in [0.25, 0.3) is 0 Å². The Kier molecular flexibility index (Phi) is 2.30. The SMILES string of the molecule is CC(C(=O)O)c1ccc[se]1. The second-order valence-electron chi connectivity index (χ2n) is 2.08. The molecule has 0 saturated carbocycles. The van der Waals surface area contributed by atoms with Crippen LogP contribution in [0.5, 0.6) is 0 Å². The first-order valence-electron chi connectivity index (χ1n) is 2.98. The van der Waals surface area contributed by atoms with Gasteiger partial charge in [0.05, 0.1) is 0 Å². The van der Waals surface area contributed by atoms with E-state index >= 15 is 0 Å². The van der Waals surface area contributed by atoms with Crippen LogP contribution in [-0.2, 0) is 4.79 Å². The molecule has 0 spiro atoms. The fraction of sp³-hybridized carbons (Fsp3) is 0.286. The van der Waals surface area contributed by atoms with E-state index in [1.807, 2.05) is 17.1 Å². The first-order valence-corrected chi connectivity index (χ1v) is 4.82. The van der Waals surface area contributed by atoms with Gasteiger partial charge in [-0.2, -0.15) is 0 Å². The van der Waals surface area contributed by atoms with E-state index in [0.717, 1.165) is 4.44 Å². The van der Waals surface area contributed by atoms with E-state index in [2.05, 4.69) is 0 Å². The molecule has 1 unspecified atom stereocenters. The topological polar surface area (TPSA) is 37.3 Å². The van der Waals surface area contributed by atoms with Crippen LogP contribution in [-0.4, -0.2) is 25.6 Å². The third-order valence-electron chi connectivity index (χ3n) is 1.34. The molecule has 1 N–H and O–H groups in total. The van der Waals surface area contributed by atoms with Crippen molar-refractivity contribution in [1.29, 1.82) is 0 Å². The van der Waals surface area contributed by atoms with Gasteiger partial charge in [-0.05, 0) is 0 Å². The molecule has 0 fully saturated rings. The van der Waals surface area contributed by atoms with Crippen molar-refractivity contribution in [3.05, 3.63) is 21.5 Å². The molecular weight excluding hydrogens is 195 g/mol. The van der Waals surface area contributed by atoms with Crippen LogP contribution in [0, 0.1) is 0 Å². The van der Waals surface area contributed by atoms with Crippen molar-refractivity contribution in [2.45, 2.75) is 12.8 Å². The van der Waals surface area contributed by atoms with E-state index in [-0.39, 0.29) is 20.4 Å². The maximum absolute atomic E-state index is 10.4. The van der Waals surface area contributed by atoms with E-state index in [1.165, 1.54) is 0 Å². The van der Waals surface area contributed by atoms with Gasteiger partial charge in [-0.3, -0.25) is 0 Å². The molecule has 0 bridgehead atoms. The Morgan fingerprint density at radius 1 is 1.80 bits per heavy atom. The zero-order valence-electron chi connectivity index (χ0n) is 5.57. The van der Waals surface area contributed by atoms with Gasteiger partial charge in [0.25, 0.3) is 0 Å². The summed E-state index contributed by atoms with van der Waals surface area (Å²) in [6, 6.07) is 3.83. The van der Waals surface area contributed by atoms with Gasteiger partial charge in [-0.1, -0.05) is 0 Å². The zero-order valence-corrected chi connectivity index (χ0v) is 7.29. The van der Waals surface area contributed by atoms with Crippen molar-refractivity contribution < 1.29 is 9.90 Å². The average molecular weight is 203 g/mol. The van der Waals surface area contributed by atoms with Crippen LogP contribution < -0.4 is 0 Å². The van der Waals surface area contributed by atoms with Crippen molar-refractivity contribution in [3.63, 3.8) is 0 Å². The molecule has 1 heterocycles. The number of aliphatic carboxylic acids is 1. The third-order valence-corrected chi connectivity index (χ3v) is 3.55. The fourth-order valence-electron chi connectivity index (χ4n) is 0.659. The summed E-state index contributed by atoms with van der Waals surface area (Å²) in [6.45, 7) is 1.73. The summed E-state index contributed by atoms with van der Waals surface area (Å²) in [5, 5.41) is 8.58. The summed E-state index contributed by atoms with van der Waals surface area (Å²) < 4.78 is 1.06. The minimum atomic E-state index is -0.725. The van der Waals surface area contributed by atoms with Gasteiger partial charge in [0, 0.05) is 0 Å². The summed E-state index contributed by atoms with van der Waals surface area (Å²) in [7, 11) is 0. The van der Waals surface area contributed by atoms with Crippen LogP contribution in [0.15, 0.2) is 17.1 Å². The molecule has 0 aliphatic rings. The van der Waals surface area contributed by atoms with Gasteiger partial charge in [0.2, 0.25) is 0 Å². The molecule has 0 radical (unpaired) electrons. The molecule has 0 aliphatic heterocycles. The number of carboxylic acid groups (broad SMARTS) is 1. The van der Waals surface area contributed by atoms with Crippen molar-refractivity contribution in [2.24, 2.45) is 0 Å². The molecule has 0 aromatic carbocycles. The number of hydrogen-bond acceptors (Lipinski definition) is 1. The van der Waals surface area contributed by atoms with Gasteiger partial charge in [-0.15, -0.1) is 0 Å². The third kappa shape index (κ3) is 1.49. The van der Waals surface area contributed by atoms with Crippen LogP contribution in [0.3, 0.4) is 0 Å². The number of carboxylic acids is 1. The Bertz CT molecular complexity index is 216. The molecule has 10 heavy (non-hydrogen) atoms. The first-order chi connectivity index (χ1) is 4.72. The Morgan fingerprint density at radius 2 is 2.50 bits per heavy atom. The van der Waals surface area contributed by atoms with Crippen molar-refractivity contribution in [1.82, 2.24) is 0 Å². The predicted octanol–water partition coefficient (Wildman–Crippen LogP) is 0.932. The van der Waals surface area contributed by atoms with E-state index < -0.39 is 5.97 Å². The molecule has 1 atom stereocenters. The zero-order chi connectivity index (χ0) is 7.56. The molecular formula is C7H8O2Se. The molecule has 3 heteroatoms. The Hall–Kier alpha value is -0.531. The van der Waals surface area contributed by atoms with Crippen LogP contribution in [0.2, 0.25) is 0 Å². The van der Waals surface area contributed by atoms with E-state index in [9.17, 15) is 4.79 Å². The van der Waals surface area contributed by atoms with Gasteiger partial charge in [0.15, 0.2) is 0 Å². The Morgan fingerprint density at radius 3 is 2.90 bits per heavy atom. The van der Waals surface area contributed by atoms with E-state index in [1.54, 1.807) is 6.92 Å². The standard InChI is InChI=1S/C7H8O2Se/c1-5(7(8)9)6-3-2-4-10-6/h2-5H,1H3,(H,8,9). The summed E-state index contributed by atoms with van der Waals surface area (Å²) >= 11 is 0.289. The first kappa shape index (κ1) is 7.58.